The second-order valence-corrected chi connectivity index (χ2v) is 10.6. The van der Waals surface area contributed by atoms with Crippen LogP contribution in [0.3, 0.4) is 0 Å². The maximum absolute atomic E-state index is 12.6. The zero-order valence-corrected chi connectivity index (χ0v) is 17.4. The molecule has 1 fully saturated rings. The Labute approximate surface area is 169 Å². The number of amides is 1. The first-order valence-corrected chi connectivity index (χ1v) is 12.0. The number of rotatable bonds is 6. The molecule has 2 aromatic rings. The lowest BCUT2D eigenvalue weighted by Crippen LogP contribution is -2.30. The van der Waals surface area contributed by atoms with Crippen LogP contribution in [0.1, 0.15) is 17.5 Å². The minimum atomic E-state index is -3.78. The van der Waals surface area contributed by atoms with Gasteiger partial charge in [0.15, 0.2) is 0 Å². The van der Waals surface area contributed by atoms with Crippen LogP contribution < -0.4 is 9.03 Å². The fourth-order valence-electron chi connectivity index (χ4n) is 2.99. The Morgan fingerprint density at radius 3 is 2.39 bits per heavy atom. The van der Waals surface area contributed by atoms with Gasteiger partial charge in [-0.15, -0.1) is 0 Å². The molecule has 0 aromatic heterocycles. The molecule has 7 nitrogen and oxygen atoms in total. The van der Waals surface area contributed by atoms with E-state index in [0.29, 0.717) is 17.0 Å². The first-order chi connectivity index (χ1) is 13.1. The summed E-state index contributed by atoms with van der Waals surface area (Å²) in [6.07, 6.45) is 0.418. The van der Waals surface area contributed by atoms with E-state index in [1.807, 2.05) is 12.1 Å². The molecule has 150 valence electrons. The average molecular weight is 443 g/mol. The van der Waals surface area contributed by atoms with Crippen molar-refractivity contribution in [3.63, 3.8) is 0 Å². The van der Waals surface area contributed by atoms with Crippen molar-refractivity contribution in [3.8, 4) is 0 Å². The molecule has 28 heavy (non-hydrogen) atoms. The topological polar surface area (TPSA) is 101 Å². The summed E-state index contributed by atoms with van der Waals surface area (Å²) in [6.45, 7) is 1.76. The van der Waals surface area contributed by atoms with Crippen LogP contribution >= 0.6 is 11.6 Å². The molecule has 1 amide bonds. The van der Waals surface area contributed by atoms with Gasteiger partial charge in [-0.3, -0.25) is 4.79 Å². The van der Waals surface area contributed by atoms with Crippen molar-refractivity contribution in [2.75, 3.05) is 16.6 Å². The highest BCUT2D eigenvalue weighted by molar-refractivity contribution is 7.94. The molecule has 0 bridgehead atoms. The van der Waals surface area contributed by atoms with E-state index in [0.717, 1.165) is 9.87 Å². The van der Waals surface area contributed by atoms with Crippen molar-refractivity contribution in [2.24, 2.45) is 0 Å². The largest absolute Gasteiger partial charge is 0.273 e. The maximum atomic E-state index is 12.6. The first-order valence-electron chi connectivity index (χ1n) is 8.51. The molecule has 1 aliphatic heterocycles. The van der Waals surface area contributed by atoms with E-state index >= 15 is 0 Å². The number of nitrogens with one attached hydrogen (secondary N) is 1. The van der Waals surface area contributed by atoms with E-state index in [-0.39, 0.29) is 29.3 Å². The lowest BCUT2D eigenvalue weighted by Gasteiger charge is -2.17. The van der Waals surface area contributed by atoms with Gasteiger partial charge in [0.25, 0.3) is 0 Å². The van der Waals surface area contributed by atoms with E-state index in [9.17, 15) is 21.6 Å². The number of nitrogens with zero attached hydrogens (tertiary/aromatic N) is 1. The number of carbonyl (C=O) groups is 1. The van der Waals surface area contributed by atoms with Gasteiger partial charge >= 0.3 is 0 Å². The Kier molecular flexibility index (Phi) is 5.81. The normalized spacial score (nSPS) is 16.5. The summed E-state index contributed by atoms with van der Waals surface area (Å²) in [4.78, 5) is 11.9. The van der Waals surface area contributed by atoms with Crippen LogP contribution in [-0.4, -0.2) is 35.0 Å². The lowest BCUT2D eigenvalue weighted by molar-refractivity contribution is -0.116. The predicted octanol–water partition coefficient (Wildman–Crippen LogP) is 2.24. The Morgan fingerprint density at radius 2 is 1.82 bits per heavy atom. The van der Waals surface area contributed by atoms with Crippen LogP contribution in [0.15, 0.2) is 47.4 Å². The molecule has 1 heterocycles. The molecule has 1 saturated heterocycles. The molecule has 3 rings (SSSR count). The monoisotopic (exact) mass is 442 g/mol. The summed E-state index contributed by atoms with van der Waals surface area (Å²) >= 11 is 5.83. The lowest BCUT2D eigenvalue weighted by atomic mass is 10.2. The van der Waals surface area contributed by atoms with Crippen molar-refractivity contribution < 1.29 is 21.6 Å². The average Bonchev–Trinajstić information content (AvgIpc) is 2.89. The van der Waals surface area contributed by atoms with Gasteiger partial charge in [-0.05, 0) is 54.8 Å². The Bertz CT molecular complexity index is 1110. The van der Waals surface area contributed by atoms with Crippen LogP contribution in [0.2, 0.25) is 5.02 Å². The van der Waals surface area contributed by atoms with Gasteiger partial charge < -0.3 is 0 Å². The van der Waals surface area contributed by atoms with Gasteiger partial charge in [0.1, 0.15) is 0 Å². The summed E-state index contributed by atoms with van der Waals surface area (Å²) < 4.78 is 52.5. The molecule has 1 N–H and O–H groups in total. The molecule has 0 atom stereocenters. The number of hydrogen-bond donors (Lipinski definition) is 1. The summed E-state index contributed by atoms with van der Waals surface area (Å²) in [5, 5.41) is 0.610. The van der Waals surface area contributed by atoms with E-state index < -0.39 is 26.0 Å². The number of carbonyl (C=O) groups excluding carboxylic acids is 1. The number of anilines is 1. The van der Waals surface area contributed by atoms with Crippen molar-refractivity contribution >= 4 is 43.2 Å². The number of halogens is 1. The number of hydrogen-bond acceptors (Lipinski definition) is 5. The Morgan fingerprint density at radius 1 is 1.14 bits per heavy atom. The van der Waals surface area contributed by atoms with Crippen LogP contribution in [0.5, 0.6) is 0 Å². The van der Waals surface area contributed by atoms with E-state index in [1.54, 1.807) is 19.1 Å². The fourth-order valence-corrected chi connectivity index (χ4v) is 5.82. The van der Waals surface area contributed by atoms with Crippen LogP contribution in [-0.2, 0) is 31.3 Å². The molecule has 1 aliphatic rings. The second kappa shape index (κ2) is 7.82. The quantitative estimate of drug-likeness (QED) is 0.739. The molecule has 0 saturated carbocycles. The molecule has 2 aromatic carbocycles. The first kappa shape index (κ1) is 20.8. The third-order valence-electron chi connectivity index (χ3n) is 4.38. The fraction of sp³-hybridized carbons (Fsp3) is 0.278. The Balaban J connectivity index is 1.75. The Hall–Kier alpha value is -1.94. The summed E-state index contributed by atoms with van der Waals surface area (Å²) in [5.74, 6) is -0.756. The third kappa shape index (κ3) is 4.38. The zero-order valence-electron chi connectivity index (χ0n) is 15.1. The van der Waals surface area contributed by atoms with Gasteiger partial charge in [-0.1, -0.05) is 23.7 Å². The molecule has 0 radical (unpaired) electrons. The van der Waals surface area contributed by atoms with Gasteiger partial charge in [0.05, 0.1) is 16.3 Å². The van der Waals surface area contributed by atoms with Gasteiger partial charge in [-0.2, -0.15) is 0 Å². The van der Waals surface area contributed by atoms with Crippen LogP contribution in [0, 0.1) is 6.92 Å². The highest BCUT2D eigenvalue weighted by Gasteiger charge is 2.36. The number of sulfonamides is 2. The van der Waals surface area contributed by atoms with Crippen molar-refractivity contribution in [1.82, 2.24) is 4.72 Å². The molecular formula is C18H19ClN2O5S2. The zero-order chi connectivity index (χ0) is 20.5. The summed E-state index contributed by atoms with van der Waals surface area (Å²) in [7, 11) is -7.47. The van der Waals surface area contributed by atoms with E-state index in [1.165, 1.54) is 18.2 Å². The van der Waals surface area contributed by atoms with Crippen molar-refractivity contribution in [2.45, 2.75) is 24.7 Å². The maximum Gasteiger partial charge on any atom is 0.242 e. The van der Waals surface area contributed by atoms with E-state index in [2.05, 4.69) is 4.72 Å². The van der Waals surface area contributed by atoms with Gasteiger partial charge in [0, 0.05) is 18.0 Å². The molecule has 10 heteroatoms. The van der Waals surface area contributed by atoms with Gasteiger partial charge in [-0.25, -0.2) is 25.9 Å². The summed E-state index contributed by atoms with van der Waals surface area (Å²) in [6, 6.07) is 11.2. The van der Waals surface area contributed by atoms with Crippen LogP contribution in [0.25, 0.3) is 0 Å². The highest BCUT2D eigenvalue weighted by atomic mass is 35.5. The SMILES string of the molecule is Cc1cc(N2C(=O)CCS2(=O)=O)ccc1S(=O)(=O)NCCc1ccc(Cl)cc1. The number of aryl methyl sites for hydroxylation is 1. The van der Waals surface area contributed by atoms with Crippen molar-refractivity contribution in [1.29, 1.82) is 0 Å². The van der Waals surface area contributed by atoms with Crippen molar-refractivity contribution in [3.05, 3.63) is 58.6 Å². The standard InChI is InChI=1S/C18H19ClN2O5S2/c1-13-12-16(21-18(22)9-11-27(21,23)24)6-7-17(13)28(25,26)20-10-8-14-2-4-15(19)5-3-14/h2-7,12,20H,8-11H2,1H3. The van der Waals surface area contributed by atoms with Gasteiger partial charge in [0.2, 0.25) is 26.0 Å². The summed E-state index contributed by atoms with van der Waals surface area (Å²) in [5.41, 5.74) is 1.45. The molecule has 0 spiro atoms. The minimum absolute atomic E-state index is 0.0383. The highest BCUT2D eigenvalue weighted by Crippen LogP contribution is 2.28. The molecule has 0 aliphatic carbocycles. The van der Waals surface area contributed by atoms with E-state index in [4.69, 9.17) is 11.6 Å². The minimum Gasteiger partial charge on any atom is -0.273 e. The third-order valence-corrected chi connectivity index (χ3v) is 7.94. The smallest absolute Gasteiger partial charge is 0.242 e. The molecular weight excluding hydrogens is 424 g/mol. The number of benzene rings is 2. The second-order valence-electron chi connectivity index (χ2n) is 6.45. The van der Waals surface area contributed by atoms with Crippen LogP contribution in [0.4, 0.5) is 5.69 Å². The molecule has 0 unspecified atom stereocenters. The predicted molar refractivity (Wildman–Crippen MR) is 107 cm³/mol.